The lowest BCUT2D eigenvalue weighted by atomic mass is 10.2. The van der Waals surface area contributed by atoms with Crippen LogP contribution in [0.5, 0.6) is 5.75 Å². The van der Waals surface area contributed by atoms with Gasteiger partial charge in [-0.05, 0) is 51.0 Å². The zero-order valence-electron chi connectivity index (χ0n) is 13.4. The summed E-state index contributed by atoms with van der Waals surface area (Å²) in [7, 11) is 1.68. The minimum atomic E-state index is 0.767. The smallest absolute Gasteiger partial charge is 0.143 e. The molecule has 0 fully saturated rings. The second-order valence-corrected chi connectivity index (χ2v) is 6.61. The first-order valence-corrected chi connectivity index (χ1v) is 7.97. The summed E-state index contributed by atoms with van der Waals surface area (Å²) in [4.78, 5) is 11.5. The highest BCUT2D eigenvalue weighted by Crippen LogP contribution is 2.36. The fourth-order valence-corrected chi connectivity index (χ4v) is 3.57. The Morgan fingerprint density at radius 3 is 2.59 bits per heavy atom. The van der Waals surface area contributed by atoms with Gasteiger partial charge in [-0.3, -0.25) is 0 Å². The molecule has 22 heavy (non-hydrogen) atoms. The topological polar surface area (TPSA) is 47.0 Å². The number of hydrogen-bond acceptors (Lipinski definition) is 5. The van der Waals surface area contributed by atoms with Gasteiger partial charge in [0.05, 0.1) is 18.2 Å². The zero-order chi connectivity index (χ0) is 15.9. The van der Waals surface area contributed by atoms with Crippen LogP contribution in [0.3, 0.4) is 0 Å². The van der Waals surface area contributed by atoms with Crippen LogP contribution in [0.1, 0.15) is 21.8 Å². The molecule has 0 radical (unpaired) electrons. The number of methoxy groups -OCH3 is 1. The number of thiophene rings is 1. The van der Waals surface area contributed by atoms with Crippen molar-refractivity contribution in [3.63, 3.8) is 0 Å². The number of nitrogens with one attached hydrogen (secondary N) is 1. The Balaban J connectivity index is 2.17. The third kappa shape index (κ3) is 2.52. The van der Waals surface area contributed by atoms with Crippen molar-refractivity contribution in [3.8, 4) is 5.75 Å². The molecule has 2 heterocycles. The Morgan fingerprint density at radius 1 is 1.09 bits per heavy atom. The van der Waals surface area contributed by atoms with E-state index >= 15 is 0 Å². The molecular formula is C17H19N3OS. The van der Waals surface area contributed by atoms with Gasteiger partial charge in [-0.15, -0.1) is 11.3 Å². The fraction of sp³-hybridized carbons (Fsp3) is 0.294. The van der Waals surface area contributed by atoms with Crippen LogP contribution in [0.25, 0.3) is 10.2 Å². The van der Waals surface area contributed by atoms with Crippen LogP contribution in [0.15, 0.2) is 18.2 Å². The van der Waals surface area contributed by atoms with Gasteiger partial charge in [0.25, 0.3) is 0 Å². The van der Waals surface area contributed by atoms with Crippen molar-refractivity contribution >= 4 is 33.1 Å². The highest BCUT2D eigenvalue weighted by molar-refractivity contribution is 7.18. The second-order valence-electron chi connectivity index (χ2n) is 5.41. The monoisotopic (exact) mass is 313 g/mol. The van der Waals surface area contributed by atoms with E-state index in [0.717, 1.165) is 33.3 Å². The van der Waals surface area contributed by atoms with Gasteiger partial charge in [-0.2, -0.15) is 0 Å². The Kier molecular flexibility index (Phi) is 3.74. The number of benzene rings is 1. The number of anilines is 2. The number of rotatable bonds is 3. The van der Waals surface area contributed by atoms with E-state index in [0.29, 0.717) is 0 Å². The SMILES string of the molecule is COc1ccc(C)cc1Nc1nc(C)nc2sc(C)c(C)c12. The molecule has 0 spiro atoms. The second kappa shape index (κ2) is 5.57. The molecule has 0 saturated heterocycles. The largest absolute Gasteiger partial charge is 0.495 e. The van der Waals surface area contributed by atoms with E-state index in [4.69, 9.17) is 4.74 Å². The Hall–Kier alpha value is -2.14. The van der Waals surface area contributed by atoms with Crippen LogP contribution in [0, 0.1) is 27.7 Å². The maximum Gasteiger partial charge on any atom is 0.143 e. The van der Waals surface area contributed by atoms with E-state index in [-0.39, 0.29) is 0 Å². The van der Waals surface area contributed by atoms with Crippen LogP contribution >= 0.6 is 11.3 Å². The molecule has 5 heteroatoms. The molecule has 1 aromatic carbocycles. The van der Waals surface area contributed by atoms with Gasteiger partial charge in [0, 0.05) is 4.88 Å². The highest BCUT2D eigenvalue weighted by atomic mass is 32.1. The lowest BCUT2D eigenvalue weighted by Crippen LogP contribution is -2.00. The first-order chi connectivity index (χ1) is 10.5. The third-order valence-corrected chi connectivity index (χ3v) is 4.85. The minimum absolute atomic E-state index is 0.767. The van der Waals surface area contributed by atoms with Gasteiger partial charge in [0.1, 0.15) is 22.2 Å². The molecule has 0 aliphatic carbocycles. The molecule has 0 unspecified atom stereocenters. The Bertz CT molecular complexity index is 855. The number of aromatic nitrogens is 2. The Labute approximate surface area is 134 Å². The van der Waals surface area contributed by atoms with Gasteiger partial charge in [0.2, 0.25) is 0 Å². The lowest BCUT2D eigenvalue weighted by molar-refractivity contribution is 0.416. The van der Waals surface area contributed by atoms with E-state index < -0.39 is 0 Å². The summed E-state index contributed by atoms with van der Waals surface area (Å²) in [5.41, 5.74) is 3.32. The Morgan fingerprint density at radius 2 is 1.86 bits per heavy atom. The normalized spacial score (nSPS) is 11.0. The van der Waals surface area contributed by atoms with Gasteiger partial charge in [-0.25, -0.2) is 9.97 Å². The molecule has 4 nitrogen and oxygen atoms in total. The first kappa shape index (κ1) is 14.8. The standard InChI is InChI=1S/C17H19N3OS/c1-9-6-7-14(21-5)13(8-9)20-16-15-10(2)11(3)22-17(15)19-12(4)18-16/h6-8H,1-5H3,(H,18,19,20). The van der Waals surface area contributed by atoms with Gasteiger partial charge >= 0.3 is 0 Å². The summed E-state index contributed by atoms with van der Waals surface area (Å²) >= 11 is 1.71. The summed E-state index contributed by atoms with van der Waals surface area (Å²) in [6.07, 6.45) is 0. The van der Waals surface area contributed by atoms with Crippen molar-refractivity contribution in [3.05, 3.63) is 40.0 Å². The van der Waals surface area contributed by atoms with Gasteiger partial charge in [0.15, 0.2) is 0 Å². The summed E-state index contributed by atoms with van der Waals surface area (Å²) < 4.78 is 5.45. The minimum Gasteiger partial charge on any atom is -0.495 e. The van der Waals surface area contributed by atoms with Crippen molar-refractivity contribution in [2.75, 3.05) is 12.4 Å². The molecular weight excluding hydrogens is 294 g/mol. The zero-order valence-corrected chi connectivity index (χ0v) is 14.3. The molecule has 3 rings (SSSR count). The molecule has 0 bridgehead atoms. The average Bonchev–Trinajstić information content (AvgIpc) is 2.74. The van der Waals surface area contributed by atoms with Crippen molar-refractivity contribution < 1.29 is 4.74 Å². The van der Waals surface area contributed by atoms with E-state index in [1.165, 1.54) is 16.0 Å². The molecule has 0 amide bonds. The molecule has 0 aliphatic rings. The fourth-order valence-electron chi connectivity index (χ4n) is 2.49. The van der Waals surface area contributed by atoms with Crippen LogP contribution < -0.4 is 10.1 Å². The quantitative estimate of drug-likeness (QED) is 0.763. The van der Waals surface area contributed by atoms with E-state index in [2.05, 4.69) is 42.1 Å². The molecule has 0 aliphatic heterocycles. The summed E-state index contributed by atoms with van der Waals surface area (Å²) in [5, 5.41) is 4.53. The highest BCUT2D eigenvalue weighted by Gasteiger charge is 2.15. The number of nitrogens with zero attached hydrogens (tertiary/aromatic N) is 2. The molecule has 0 saturated carbocycles. The van der Waals surface area contributed by atoms with Crippen LogP contribution in [0.2, 0.25) is 0 Å². The number of fused-ring (bicyclic) bond motifs is 1. The average molecular weight is 313 g/mol. The van der Waals surface area contributed by atoms with Crippen molar-refractivity contribution in [1.29, 1.82) is 0 Å². The van der Waals surface area contributed by atoms with Gasteiger partial charge < -0.3 is 10.1 Å². The molecule has 1 N–H and O–H groups in total. The van der Waals surface area contributed by atoms with Crippen LogP contribution in [-0.4, -0.2) is 17.1 Å². The molecule has 2 aromatic heterocycles. The molecule has 114 valence electrons. The van der Waals surface area contributed by atoms with E-state index in [9.17, 15) is 0 Å². The van der Waals surface area contributed by atoms with E-state index in [1.54, 1.807) is 18.4 Å². The maximum atomic E-state index is 5.45. The van der Waals surface area contributed by atoms with Crippen molar-refractivity contribution in [2.24, 2.45) is 0 Å². The lowest BCUT2D eigenvalue weighted by Gasteiger charge is -2.13. The van der Waals surface area contributed by atoms with E-state index in [1.807, 2.05) is 19.1 Å². The number of hydrogen-bond donors (Lipinski definition) is 1. The molecule has 3 aromatic rings. The summed E-state index contributed by atoms with van der Waals surface area (Å²) in [6.45, 7) is 8.22. The number of aryl methyl sites for hydroxylation is 4. The van der Waals surface area contributed by atoms with Crippen molar-refractivity contribution in [1.82, 2.24) is 9.97 Å². The first-order valence-electron chi connectivity index (χ1n) is 7.15. The van der Waals surface area contributed by atoms with Gasteiger partial charge in [-0.1, -0.05) is 6.07 Å². The maximum absolute atomic E-state index is 5.45. The predicted octanol–water partition coefficient (Wildman–Crippen LogP) is 4.68. The van der Waals surface area contributed by atoms with Crippen molar-refractivity contribution in [2.45, 2.75) is 27.7 Å². The predicted molar refractivity (Wildman–Crippen MR) is 92.6 cm³/mol. The third-order valence-electron chi connectivity index (χ3n) is 3.75. The van der Waals surface area contributed by atoms with Crippen LogP contribution in [0.4, 0.5) is 11.5 Å². The van der Waals surface area contributed by atoms with Crippen LogP contribution in [-0.2, 0) is 0 Å². The summed E-state index contributed by atoms with van der Waals surface area (Å²) in [6, 6.07) is 6.07. The summed E-state index contributed by atoms with van der Waals surface area (Å²) in [5.74, 6) is 2.41. The number of ether oxygens (including phenoxy) is 1. The molecule has 0 atom stereocenters.